The number of fused-ring (bicyclic) bond motifs is 9. The number of nitrogens with zero attached hydrogens (tertiary/aromatic N) is 3. The summed E-state index contributed by atoms with van der Waals surface area (Å²) in [5.74, 6) is 0.777. The highest BCUT2D eigenvalue weighted by molar-refractivity contribution is 5.87. The minimum atomic E-state index is -0.772. The van der Waals surface area contributed by atoms with Gasteiger partial charge >= 0.3 is 5.97 Å². The molecule has 0 saturated carbocycles. The molecule has 0 spiro atoms. The Morgan fingerprint density at radius 1 is 1.06 bits per heavy atom. The number of phenolic OH excluding ortho intramolecular Hbond substituents is 1. The van der Waals surface area contributed by atoms with Crippen molar-refractivity contribution in [3.8, 4) is 29.1 Å². The topological polar surface area (TPSA) is 153 Å². The second-order valence-electron chi connectivity index (χ2n) is 13.8. The number of hydrogen-bond donors (Lipinski definition) is 3. The van der Waals surface area contributed by atoms with E-state index in [1.165, 1.54) is 0 Å². The third-order valence-corrected chi connectivity index (χ3v) is 10.8. The third kappa shape index (κ3) is 5.76. The molecule has 262 valence electrons. The van der Waals surface area contributed by atoms with Crippen molar-refractivity contribution in [3.63, 3.8) is 0 Å². The fraction of sp³-hybridized carbons (Fsp3) is 0.568. The van der Waals surface area contributed by atoms with Crippen LogP contribution >= 0.6 is 0 Å². The molecule has 1 fully saturated rings. The zero-order valence-corrected chi connectivity index (χ0v) is 29.4. The molecular weight excluding hydrogens is 626 g/mol. The van der Waals surface area contributed by atoms with Gasteiger partial charge in [-0.25, -0.2) is 0 Å². The van der Waals surface area contributed by atoms with Gasteiger partial charge in [0.05, 0.1) is 18.2 Å². The van der Waals surface area contributed by atoms with Crippen LogP contribution in [0, 0.1) is 32.1 Å². The largest absolute Gasteiger partial charge is 0.507 e. The molecule has 0 aliphatic carbocycles. The van der Waals surface area contributed by atoms with Gasteiger partial charge in [-0.3, -0.25) is 24.2 Å². The maximum atomic E-state index is 13.4. The number of esters is 1. The van der Waals surface area contributed by atoms with Gasteiger partial charge in [0, 0.05) is 53.7 Å². The molecule has 4 aliphatic rings. The maximum Gasteiger partial charge on any atom is 0.311 e. The van der Waals surface area contributed by atoms with Gasteiger partial charge in [0.15, 0.2) is 11.5 Å². The Kier molecular flexibility index (Phi) is 9.52. The maximum absolute atomic E-state index is 13.4. The van der Waals surface area contributed by atoms with Crippen LogP contribution in [0.4, 0.5) is 0 Å². The Bertz CT molecular complexity index is 1730. The van der Waals surface area contributed by atoms with Gasteiger partial charge < -0.3 is 30.0 Å². The number of aromatic hydroxyl groups is 1. The lowest BCUT2D eigenvalue weighted by Gasteiger charge is -2.60. The fourth-order valence-electron chi connectivity index (χ4n) is 8.34. The highest BCUT2D eigenvalue weighted by atomic mass is 16.7. The number of piperazine rings is 1. The number of amides is 2. The zero-order valence-electron chi connectivity index (χ0n) is 29.4. The molecule has 2 bridgehead atoms. The van der Waals surface area contributed by atoms with Crippen LogP contribution in [-0.4, -0.2) is 77.2 Å². The number of likely N-dealkylation sites (N-methyl/N-ethyl adjacent to an activating group) is 1. The molecule has 2 aromatic rings. The number of nitrogens with one attached hydrogen (secondary N) is 2. The van der Waals surface area contributed by atoms with Crippen molar-refractivity contribution < 1.29 is 33.7 Å². The summed E-state index contributed by atoms with van der Waals surface area (Å²) >= 11 is 0. The molecule has 12 nitrogen and oxygen atoms in total. The van der Waals surface area contributed by atoms with Crippen LogP contribution in [0.1, 0.15) is 97.5 Å². The predicted molar refractivity (Wildman–Crippen MR) is 180 cm³/mol. The Balaban J connectivity index is 1.49. The molecule has 0 aromatic heterocycles. The fourth-order valence-corrected chi connectivity index (χ4v) is 8.34. The Labute approximate surface area is 287 Å². The highest BCUT2D eigenvalue weighted by Crippen LogP contribution is 2.57. The van der Waals surface area contributed by atoms with E-state index < -0.39 is 18.1 Å². The van der Waals surface area contributed by atoms with E-state index in [9.17, 15) is 24.8 Å². The number of phenols is 1. The molecule has 1 saturated heterocycles. The average Bonchev–Trinajstić information content (AvgIpc) is 3.55. The second kappa shape index (κ2) is 13.5. The summed E-state index contributed by atoms with van der Waals surface area (Å²) in [5, 5.41) is 28.4. The minimum Gasteiger partial charge on any atom is -0.507 e. The normalized spacial score (nSPS) is 24.2. The first-order valence-corrected chi connectivity index (χ1v) is 17.4. The number of ether oxygens (including phenoxy) is 3. The SMILES string of the molecule is CCCC(=O)NC(C)C(=O)NC[C@H]1c2c(c(O)c(C)c3c2OCO3)CC2[C@@H]3c4c(cc(C)c(C)c4OC(=O)CCC)C[C@@H]([C@H](C#N)N21)N3C. The third-order valence-electron chi connectivity index (χ3n) is 10.8. The molecule has 3 N–H and O–H groups in total. The van der Waals surface area contributed by atoms with Gasteiger partial charge in [0.2, 0.25) is 18.6 Å². The Morgan fingerprint density at radius 3 is 2.47 bits per heavy atom. The average molecular weight is 674 g/mol. The van der Waals surface area contributed by atoms with Crippen molar-refractivity contribution >= 4 is 17.8 Å². The van der Waals surface area contributed by atoms with E-state index in [1.807, 2.05) is 34.7 Å². The number of aryl methyl sites for hydroxylation is 1. The van der Waals surface area contributed by atoms with Crippen molar-refractivity contribution in [2.75, 3.05) is 20.4 Å². The van der Waals surface area contributed by atoms with E-state index in [4.69, 9.17) is 14.2 Å². The van der Waals surface area contributed by atoms with Gasteiger partial charge in [-0.15, -0.1) is 0 Å². The number of carbonyl (C=O) groups excluding carboxylic acids is 3. The lowest BCUT2D eigenvalue weighted by Crippen LogP contribution is -2.69. The first kappa shape index (κ1) is 34.5. The molecule has 2 amide bonds. The number of nitriles is 1. The van der Waals surface area contributed by atoms with Gasteiger partial charge in [0.25, 0.3) is 0 Å². The molecule has 0 radical (unpaired) electrons. The molecular formula is C37H47N5O7. The monoisotopic (exact) mass is 673 g/mol. The number of rotatable bonds is 9. The number of benzene rings is 2. The van der Waals surface area contributed by atoms with E-state index >= 15 is 0 Å². The van der Waals surface area contributed by atoms with Crippen molar-refractivity contribution in [2.45, 2.75) is 116 Å². The lowest BCUT2D eigenvalue weighted by atomic mass is 9.71. The summed E-state index contributed by atoms with van der Waals surface area (Å²) in [4.78, 5) is 43.1. The van der Waals surface area contributed by atoms with Crippen LogP contribution in [0.5, 0.6) is 23.0 Å². The molecule has 12 heteroatoms. The first-order valence-electron chi connectivity index (χ1n) is 17.4. The molecule has 6 rings (SSSR count). The van der Waals surface area contributed by atoms with Crippen LogP contribution in [0.15, 0.2) is 6.07 Å². The van der Waals surface area contributed by atoms with Crippen LogP contribution < -0.4 is 24.8 Å². The van der Waals surface area contributed by atoms with Crippen molar-refractivity contribution in [1.29, 1.82) is 5.26 Å². The summed E-state index contributed by atoms with van der Waals surface area (Å²) < 4.78 is 18.0. The predicted octanol–water partition coefficient (Wildman–Crippen LogP) is 3.94. The van der Waals surface area contributed by atoms with Crippen LogP contribution in [0.25, 0.3) is 0 Å². The van der Waals surface area contributed by atoms with Crippen molar-refractivity contribution in [1.82, 2.24) is 20.4 Å². The highest BCUT2D eigenvalue weighted by Gasteiger charge is 2.56. The van der Waals surface area contributed by atoms with Crippen LogP contribution in [0.3, 0.4) is 0 Å². The minimum absolute atomic E-state index is 0.0107. The number of hydrogen-bond acceptors (Lipinski definition) is 10. The molecule has 4 aliphatic heterocycles. The standard InChI is InChI=1S/C37H47N5O7/c1-8-10-28(43)40-21(6)37(46)39-16-27-31-23(33(45)20(5)35-36(31)48-17-47-35)14-25-32-30-22(13-24(41(32)7)26(15-38)42(25)27)12-18(3)19(4)34(30)49-29(44)11-9-2/h12,21,24-27,32,45H,8-11,13-14,16-17H2,1-7H3,(H,39,46)(H,40,43)/t21?,24-,25?,26-,27-,32+/m0/s1. The smallest absolute Gasteiger partial charge is 0.311 e. The van der Waals surface area contributed by atoms with E-state index in [0.717, 1.165) is 22.3 Å². The van der Waals surface area contributed by atoms with Crippen molar-refractivity contribution in [3.05, 3.63) is 45.0 Å². The summed E-state index contributed by atoms with van der Waals surface area (Å²) in [6.07, 6.45) is 2.89. The summed E-state index contributed by atoms with van der Waals surface area (Å²) in [6.45, 7) is 11.3. The second-order valence-corrected chi connectivity index (χ2v) is 13.8. The summed E-state index contributed by atoms with van der Waals surface area (Å²) in [5.41, 5.74) is 5.82. The molecule has 2 aromatic carbocycles. The zero-order chi connectivity index (χ0) is 35.3. The van der Waals surface area contributed by atoms with Gasteiger partial charge in [-0.1, -0.05) is 19.9 Å². The number of carbonyl (C=O) groups is 3. The van der Waals surface area contributed by atoms with E-state index in [2.05, 4.69) is 32.6 Å². The van der Waals surface area contributed by atoms with E-state index in [1.54, 1.807) is 13.8 Å². The van der Waals surface area contributed by atoms with Gasteiger partial charge in [-0.2, -0.15) is 5.26 Å². The van der Waals surface area contributed by atoms with Crippen LogP contribution in [0.2, 0.25) is 0 Å². The summed E-state index contributed by atoms with van der Waals surface area (Å²) in [7, 11) is 2.02. The molecule has 6 atom stereocenters. The van der Waals surface area contributed by atoms with Gasteiger partial charge in [-0.05, 0) is 77.1 Å². The van der Waals surface area contributed by atoms with E-state index in [-0.39, 0.29) is 55.0 Å². The van der Waals surface area contributed by atoms with E-state index in [0.29, 0.717) is 72.5 Å². The quantitative estimate of drug-likeness (QED) is 0.264. The lowest BCUT2D eigenvalue weighted by molar-refractivity contribution is -0.134. The first-order chi connectivity index (χ1) is 23.4. The van der Waals surface area contributed by atoms with Gasteiger partial charge in [0.1, 0.15) is 23.6 Å². The molecule has 2 unspecified atom stereocenters. The Hall–Kier alpha value is -4.34. The Morgan fingerprint density at radius 2 is 1.78 bits per heavy atom. The molecule has 4 heterocycles. The van der Waals surface area contributed by atoms with Crippen molar-refractivity contribution in [2.24, 2.45) is 0 Å². The summed E-state index contributed by atoms with van der Waals surface area (Å²) in [6, 6.07) is 1.96. The van der Waals surface area contributed by atoms with Crippen LogP contribution in [-0.2, 0) is 27.2 Å². The molecule has 49 heavy (non-hydrogen) atoms.